The van der Waals surface area contributed by atoms with Crippen molar-refractivity contribution in [3.8, 4) is 0 Å². The Morgan fingerprint density at radius 2 is 2.07 bits per heavy atom. The fourth-order valence-electron chi connectivity index (χ4n) is 3.92. The van der Waals surface area contributed by atoms with Gasteiger partial charge in [-0.3, -0.25) is 4.90 Å². The predicted octanol–water partition coefficient (Wildman–Crippen LogP) is 4.14. The van der Waals surface area contributed by atoms with E-state index in [1.807, 2.05) is 36.4 Å². The van der Waals surface area contributed by atoms with Crippen LogP contribution in [-0.2, 0) is 4.74 Å². The number of carbonyl (C=O) groups is 1. The molecule has 1 N–H and O–H groups in total. The first-order chi connectivity index (χ1) is 13.7. The lowest BCUT2D eigenvalue weighted by Crippen LogP contribution is -2.31. The Bertz CT molecular complexity index is 956. The number of anilines is 1. The molecule has 144 valence electrons. The van der Waals surface area contributed by atoms with E-state index in [-0.39, 0.29) is 12.1 Å². The number of imidazole rings is 1. The highest BCUT2D eigenvalue weighted by Gasteiger charge is 2.39. The van der Waals surface area contributed by atoms with Crippen LogP contribution >= 0.6 is 0 Å². The first-order valence-corrected chi connectivity index (χ1v) is 9.93. The molecule has 3 fully saturated rings. The lowest BCUT2D eigenvalue weighted by atomic mass is 10.2. The number of amides is 1. The smallest absolute Gasteiger partial charge is 0.415 e. The summed E-state index contributed by atoms with van der Waals surface area (Å²) in [6.07, 6.45) is 14.6. The molecule has 0 spiro atoms. The van der Waals surface area contributed by atoms with E-state index in [2.05, 4.69) is 27.5 Å². The van der Waals surface area contributed by atoms with Gasteiger partial charge in [-0.05, 0) is 56.0 Å². The molecule has 6 nitrogen and oxygen atoms in total. The third-order valence-corrected chi connectivity index (χ3v) is 5.58. The van der Waals surface area contributed by atoms with Crippen molar-refractivity contribution < 1.29 is 9.53 Å². The van der Waals surface area contributed by atoms with Crippen LogP contribution < -0.4 is 4.90 Å². The maximum atomic E-state index is 12.3. The van der Waals surface area contributed by atoms with Gasteiger partial charge in [-0.25, -0.2) is 9.78 Å². The zero-order chi connectivity index (χ0) is 19.1. The maximum absolute atomic E-state index is 12.3. The number of nitrogens with zero attached hydrogens (tertiary/aromatic N) is 3. The fourth-order valence-corrected chi connectivity index (χ4v) is 3.92. The molecule has 28 heavy (non-hydrogen) atoms. The lowest BCUT2D eigenvalue weighted by molar-refractivity contribution is 0.180. The topological polar surface area (TPSA) is 61.5 Å². The summed E-state index contributed by atoms with van der Waals surface area (Å²) in [6, 6.07) is 6.97. The van der Waals surface area contributed by atoms with Crippen LogP contribution in [0.1, 0.15) is 25.7 Å². The highest BCUT2D eigenvalue weighted by molar-refractivity contribution is 5.93. The van der Waals surface area contributed by atoms with Crippen LogP contribution in [0.3, 0.4) is 0 Å². The molecule has 5 rings (SSSR count). The van der Waals surface area contributed by atoms with E-state index in [1.165, 1.54) is 31.4 Å². The lowest BCUT2D eigenvalue weighted by Gasteiger charge is -2.25. The third-order valence-electron chi connectivity index (χ3n) is 5.58. The Labute approximate surface area is 164 Å². The van der Waals surface area contributed by atoms with Crippen molar-refractivity contribution in [2.75, 3.05) is 11.5 Å². The van der Waals surface area contributed by atoms with E-state index < -0.39 is 0 Å². The van der Waals surface area contributed by atoms with Crippen molar-refractivity contribution in [2.45, 2.75) is 43.8 Å². The standard InChI is InChI=1S/C22H24N4O2/c1-2-15(25(16-6-7-16)17-8-9-17)4-3-5-19-13-28-22(27)26(19)18-10-11-20-21(12-18)24-14-23-20/h2-5,10-12,14,16-17,19H,1,6-9,13H2,(H,23,24)/b5-3+,15-4+/t19-/m0/s1. The summed E-state index contributed by atoms with van der Waals surface area (Å²) in [5, 5.41) is 0. The van der Waals surface area contributed by atoms with Gasteiger partial charge in [-0.15, -0.1) is 0 Å². The highest BCUT2D eigenvalue weighted by atomic mass is 16.6. The molecule has 1 aromatic carbocycles. The van der Waals surface area contributed by atoms with Crippen LogP contribution in [0.2, 0.25) is 0 Å². The number of benzene rings is 1. The summed E-state index contributed by atoms with van der Waals surface area (Å²) in [5.74, 6) is 0. The number of hydrogen-bond donors (Lipinski definition) is 1. The summed E-state index contributed by atoms with van der Waals surface area (Å²) in [4.78, 5) is 23.9. The largest absolute Gasteiger partial charge is 0.447 e. The number of nitrogens with one attached hydrogen (secondary N) is 1. The summed E-state index contributed by atoms with van der Waals surface area (Å²) in [5.41, 5.74) is 3.76. The van der Waals surface area contributed by atoms with Crippen LogP contribution in [0.4, 0.5) is 10.5 Å². The van der Waals surface area contributed by atoms with Crippen molar-refractivity contribution in [1.29, 1.82) is 0 Å². The molecular formula is C22H24N4O2. The molecular weight excluding hydrogens is 352 g/mol. The van der Waals surface area contributed by atoms with Crippen molar-refractivity contribution in [3.05, 3.63) is 61.1 Å². The molecule has 1 atom stereocenters. The van der Waals surface area contributed by atoms with E-state index in [9.17, 15) is 4.79 Å². The second kappa shape index (κ2) is 6.86. The average Bonchev–Trinajstić information content (AvgIpc) is 3.63. The van der Waals surface area contributed by atoms with E-state index in [0.29, 0.717) is 18.7 Å². The molecule has 0 radical (unpaired) electrons. The molecule has 2 aromatic rings. The number of ether oxygens (including phenoxy) is 1. The summed E-state index contributed by atoms with van der Waals surface area (Å²) >= 11 is 0. The molecule has 0 unspecified atom stereocenters. The number of cyclic esters (lactones) is 1. The number of aromatic nitrogens is 2. The molecule has 1 aromatic heterocycles. The zero-order valence-corrected chi connectivity index (χ0v) is 15.8. The van der Waals surface area contributed by atoms with Gasteiger partial charge in [0.2, 0.25) is 0 Å². The molecule has 1 saturated heterocycles. The third kappa shape index (κ3) is 3.19. The number of allylic oxidation sites excluding steroid dienone is 3. The zero-order valence-electron chi connectivity index (χ0n) is 15.8. The highest BCUT2D eigenvalue weighted by Crippen LogP contribution is 2.40. The van der Waals surface area contributed by atoms with Gasteiger partial charge in [-0.1, -0.05) is 18.7 Å². The molecule has 2 heterocycles. The maximum Gasteiger partial charge on any atom is 0.415 e. The average molecular weight is 376 g/mol. The SMILES string of the molecule is C=C/C(=C\C=C\[C@H]1COC(=O)N1c1ccc2nc[nH]c2c1)N(C1CC1)C1CC1. The van der Waals surface area contributed by atoms with Crippen molar-refractivity contribution in [3.63, 3.8) is 0 Å². The van der Waals surface area contributed by atoms with Gasteiger partial charge in [0, 0.05) is 17.8 Å². The number of H-pyrrole nitrogens is 1. The Balaban J connectivity index is 1.36. The second-order valence-electron chi connectivity index (χ2n) is 7.67. The van der Waals surface area contributed by atoms with Crippen LogP contribution in [0.25, 0.3) is 11.0 Å². The van der Waals surface area contributed by atoms with Crippen LogP contribution in [0, 0.1) is 0 Å². The van der Waals surface area contributed by atoms with Crippen molar-refractivity contribution >= 4 is 22.8 Å². The van der Waals surface area contributed by atoms with Gasteiger partial charge < -0.3 is 14.6 Å². The van der Waals surface area contributed by atoms with Crippen LogP contribution in [-0.4, -0.2) is 45.7 Å². The predicted molar refractivity (Wildman–Crippen MR) is 109 cm³/mol. The first-order valence-electron chi connectivity index (χ1n) is 9.93. The summed E-state index contributed by atoms with van der Waals surface area (Å²) < 4.78 is 5.31. The minimum absolute atomic E-state index is 0.134. The summed E-state index contributed by atoms with van der Waals surface area (Å²) in [6.45, 7) is 4.36. The molecule has 1 amide bonds. The fraction of sp³-hybridized carbons (Fsp3) is 0.364. The van der Waals surface area contributed by atoms with E-state index in [4.69, 9.17) is 4.74 Å². The molecule has 2 saturated carbocycles. The number of fused-ring (bicyclic) bond motifs is 1. The number of aromatic amines is 1. The molecule has 0 bridgehead atoms. The second-order valence-corrected chi connectivity index (χ2v) is 7.67. The Hall–Kier alpha value is -3.02. The van der Waals surface area contributed by atoms with Gasteiger partial charge >= 0.3 is 6.09 Å². The van der Waals surface area contributed by atoms with Gasteiger partial charge in [0.15, 0.2) is 0 Å². The molecule has 2 aliphatic carbocycles. The van der Waals surface area contributed by atoms with E-state index in [0.717, 1.165) is 16.7 Å². The Kier molecular flexibility index (Phi) is 4.19. The quantitative estimate of drug-likeness (QED) is 0.738. The molecule has 3 aliphatic rings. The van der Waals surface area contributed by atoms with E-state index >= 15 is 0 Å². The first kappa shape index (κ1) is 17.1. The van der Waals surface area contributed by atoms with Gasteiger partial charge in [0.1, 0.15) is 6.61 Å². The van der Waals surface area contributed by atoms with Gasteiger partial charge in [0.05, 0.1) is 29.1 Å². The van der Waals surface area contributed by atoms with Crippen LogP contribution in [0.5, 0.6) is 0 Å². The number of rotatable bonds is 7. The van der Waals surface area contributed by atoms with E-state index in [1.54, 1.807) is 11.2 Å². The number of carbonyl (C=O) groups excluding carboxylic acids is 1. The molecule has 6 heteroatoms. The van der Waals surface area contributed by atoms with Crippen molar-refractivity contribution in [2.24, 2.45) is 0 Å². The number of hydrogen-bond acceptors (Lipinski definition) is 4. The molecule has 1 aliphatic heterocycles. The minimum Gasteiger partial charge on any atom is -0.447 e. The minimum atomic E-state index is -0.320. The summed E-state index contributed by atoms with van der Waals surface area (Å²) in [7, 11) is 0. The van der Waals surface area contributed by atoms with Crippen LogP contribution in [0.15, 0.2) is 61.1 Å². The van der Waals surface area contributed by atoms with Crippen molar-refractivity contribution in [1.82, 2.24) is 14.9 Å². The Morgan fingerprint density at radius 1 is 1.29 bits per heavy atom. The van der Waals surface area contributed by atoms with Gasteiger partial charge in [-0.2, -0.15) is 0 Å². The monoisotopic (exact) mass is 376 g/mol. The normalized spacial score (nSPS) is 22.9. The Morgan fingerprint density at radius 3 is 2.79 bits per heavy atom. The van der Waals surface area contributed by atoms with Gasteiger partial charge in [0.25, 0.3) is 0 Å².